The molecule has 0 amide bonds. The van der Waals surface area contributed by atoms with Crippen molar-refractivity contribution in [2.24, 2.45) is 5.92 Å². The SMILES string of the molecule is CC(CBr)COc1ccccc1I. The van der Waals surface area contributed by atoms with Gasteiger partial charge in [-0.25, -0.2) is 0 Å². The fourth-order valence-corrected chi connectivity index (χ4v) is 1.57. The molecule has 13 heavy (non-hydrogen) atoms. The third-order valence-electron chi connectivity index (χ3n) is 1.62. The molecule has 1 nitrogen and oxygen atoms in total. The fraction of sp³-hybridized carbons (Fsp3) is 0.400. The molecule has 0 aliphatic rings. The van der Waals surface area contributed by atoms with Gasteiger partial charge in [0.1, 0.15) is 5.75 Å². The molecular formula is C10H12BrIO. The van der Waals surface area contributed by atoms with Crippen LogP contribution in [0.2, 0.25) is 0 Å². The van der Waals surface area contributed by atoms with Crippen molar-refractivity contribution >= 4 is 38.5 Å². The number of hydrogen-bond acceptors (Lipinski definition) is 1. The molecule has 1 rings (SSSR count). The molecule has 0 saturated heterocycles. The summed E-state index contributed by atoms with van der Waals surface area (Å²) in [6.45, 7) is 2.93. The Labute approximate surface area is 101 Å². The summed E-state index contributed by atoms with van der Waals surface area (Å²) in [5, 5.41) is 0.983. The van der Waals surface area contributed by atoms with Gasteiger partial charge in [-0.1, -0.05) is 35.0 Å². The fourth-order valence-electron chi connectivity index (χ4n) is 0.838. The molecule has 0 fully saturated rings. The first kappa shape index (κ1) is 11.3. The monoisotopic (exact) mass is 354 g/mol. The molecule has 0 heterocycles. The van der Waals surface area contributed by atoms with Crippen LogP contribution in [0.3, 0.4) is 0 Å². The quantitative estimate of drug-likeness (QED) is 0.591. The minimum Gasteiger partial charge on any atom is -0.492 e. The van der Waals surface area contributed by atoms with Gasteiger partial charge in [0.15, 0.2) is 0 Å². The van der Waals surface area contributed by atoms with Crippen LogP contribution in [0.15, 0.2) is 24.3 Å². The summed E-state index contributed by atoms with van der Waals surface area (Å²) < 4.78 is 6.82. The maximum absolute atomic E-state index is 5.65. The van der Waals surface area contributed by atoms with Crippen LogP contribution in [-0.4, -0.2) is 11.9 Å². The minimum atomic E-state index is 0.552. The van der Waals surface area contributed by atoms with E-state index in [2.05, 4.69) is 51.5 Å². The molecule has 0 N–H and O–H groups in total. The molecule has 3 heteroatoms. The Bertz CT molecular complexity index is 265. The molecule has 1 aromatic rings. The summed E-state index contributed by atoms with van der Waals surface area (Å²) >= 11 is 5.71. The lowest BCUT2D eigenvalue weighted by molar-refractivity contribution is 0.272. The van der Waals surface area contributed by atoms with Gasteiger partial charge in [-0.15, -0.1) is 0 Å². The van der Waals surface area contributed by atoms with Gasteiger partial charge in [0.2, 0.25) is 0 Å². The molecule has 0 aromatic heterocycles. The van der Waals surface area contributed by atoms with Gasteiger partial charge in [0.05, 0.1) is 10.2 Å². The first-order valence-electron chi connectivity index (χ1n) is 4.17. The first-order chi connectivity index (χ1) is 6.24. The predicted molar refractivity (Wildman–Crippen MR) is 67.6 cm³/mol. The zero-order valence-corrected chi connectivity index (χ0v) is 11.2. The number of halogens is 2. The number of para-hydroxylation sites is 1. The van der Waals surface area contributed by atoms with Gasteiger partial charge in [-0.3, -0.25) is 0 Å². The van der Waals surface area contributed by atoms with Crippen molar-refractivity contribution in [3.05, 3.63) is 27.8 Å². The normalized spacial score (nSPS) is 12.5. The lowest BCUT2D eigenvalue weighted by atomic mass is 10.2. The molecule has 0 spiro atoms. The number of rotatable bonds is 4. The summed E-state index contributed by atoms with van der Waals surface area (Å²) in [6.07, 6.45) is 0. The van der Waals surface area contributed by atoms with Crippen LogP contribution in [0.25, 0.3) is 0 Å². The van der Waals surface area contributed by atoms with Crippen LogP contribution in [0.1, 0.15) is 6.92 Å². The Hall–Kier alpha value is 0.230. The maximum Gasteiger partial charge on any atom is 0.132 e. The van der Waals surface area contributed by atoms with Crippen LogP contribution >= 0.6 is 38.5 Å². The van der Waals surface area contributed by atoms with Crippen molar-refractivity contribution in [2.45, 2.75) is 6.92 Å². The molecule has 0 bridgehead atoms. The van der Waals surface area contributed by atoms with Gasteiger partial charge in [0, 0.05) is 5.33 Å². The zero-order chi connectivity index (χ0) is 9.68. The van der Waals surface area contributed by atoms with E-state index in [1.165, 1.54) is 3.57 Å². The van der Waals surface area contributed by atoms with E-state index in [9.17, 15) is 0 Å². The van der Waals surface area contributed by atoms with Gasteiger partial charge in [-0.05, 0) is 40.6 Å². The highest BCUT2D eigenvalue weighted by Crippen LogP contribution is 2.20. The summed E-state index contributed by atoms with van der Waals surface area (Å²) in [5.41, 5.74) is 0. The van der Waals surface area contributed by atoms with Gasteiger partial charge in [-0.2, -0.15) is 0 Å². The molecule has 1 atom stereocenters. The Balaban J connectivity index is 2.50. The second-order valence-corrected chi connectivity index (χ2v) is 4.81. The average molecular weight is 355 g/mol. The van der Waals surface area contributed by atoms with E-state index in [-0.39, 0.29) is 0 Å². The van der Waals surface area contributed by atoms with E-state index < -0.39 is 0 Å². The molecule has 0 aliphatic heterocycles. The van der Waals surface area contributed by atoms with E-state index in [4.69, 9.17) is 4.74 Å². The van der Waals surface area contributed by atoms with Crippen LogP contribution in [-0.2, 0) is 0 Å². The van der Waals surface area contributed by atoms with Crippen molar-refractivity contribution in [3.8, 4) is 5.75 Å². The molecule has 0 aliphatic carbocycles. The van der Waals surface area contributed by atoms with Crippen molar-refractivity contribution in [1.29, 1.82) is 0 Å². The highest BCUT2D eigenvalue weighted by atomic mass is 127. The Kier molecular flexibility index (Phi) is 5.09. The largest absolute Gasteiger partial charge is 0.492 e. The van der Waals surface area contributed by atoms with Crippen LogP contribution in [0, 0.1) is 9.49 Å². The molecule has 1 unspecified atom stereocenters. The average Bonchev–Trinajstić information content (AvgIpc) is 2.16. The summed E-state index contributed by atoms with van der Waals surface area (Å²) in [4.78, 5) is 0. The van der Waals surface area contributed by atoms with E-state index in [1.54, 1.807) is 0 Å². The lowest BCUT2D eigenvalue weighted by Crippen LogP contribution is -2.09. The number of ether oxygens (including phenoxy) is 1. The summed E-state index contributed by atoms with van der Waals surface area (Å²) in [6, 6.07) is 8.07. The molecule has 1 aromatic carbocycles. The van der Waals surface area contributed by atoms with E-state index in [0.717, 1.165) is 17.7 Å². The van der Waals surface area contributed by atoms with E-state index in [1.807, 2.05) is 18.2 Å². The Morgan fingerprint density at radius 2 is 2.15 bits per heavy atom. The van der Waals surface area contributed by atoms with E-state index >= 15 is 0 Å². The topological polar surface area (TPSA) is 9.23 Å². The predicted octanol–water partition coefficient (Wildman–Crippen LogP) is 3.70. The van der Waals surface area contributed by atoms with Crippen molar-refractivity contribution in [1.82, 2.24) is 0 Å². The summed E-state index contributed by atoms with van der Waals surface area (Å²) in [7, 11) is 0. The van der Waals surface area contributed by atoms with E-state index in [0.29, 0.717) is 5.92 Å². The first-order valence-corrected chi connectivity index (χ1v) is 6.37. The second kappa shape index (κ2) is 5.86. The van der Waals surface area contributed by atoms with Gasteiger partial charge < -0.3 is 4.74 Å². The lowest BCUT2D eigenvalue weighted by Gasteiger charge is -2.11. The third kappa shape index (κ3) is 3.85. The Morgan fingerprint density at radius 3 is 2.77 bits per heavy atom. The molecule has 72 valence electrons. The minimum absolute atomic E-state index is 0.552. The highest BCUT2D eigenvalue weighted by Gasteiger charge is 2.02. The zero-order valence-electron chi connectivity index (χ0n) is 7.47. The summed E-state index contributed by atoms with van der Waals surface area (Å²) in [5.74, 6) is 1.53. The number of benzene rings is 1. The molecular weight excluding hydrogens is 343 g/mol. The Morgan fingerprint density at radius 1 is 1.46 bits per heavy atom. The van der Waals surface area contributed by atoms with Gasteiger partial charge >= 0.3 is 0 Å². The molecule has 0 radical (unpaired) electrons. The van der Waals surface area contributed by atoms with Crippen molar-refractivity contribution in [3.63, 3.8) is 0 Å². The smallest absolute Gasteiger partial charge is 0.132 e. The van der Waals surface area contributed by atoms with Crippen molar-refractivity contribution in [2.75, 3.05) is 11.9 Å². The van der Waals surface area contributed by atoms with Crippen LogP contribution in [0.4, 0.5) is 0 Å². The number of alkyl halides is 1. The van der Waals surface area contributed by atoms with Gasteiger partial charge in [0.25, 0.3) is 0 Å². The highest BCUT2D eigenvalue weighted by molar-refractivity contribution is 14.1. The second-order valence-electron chi connectivity index (χ2n) is 3.00. The number of hydrogen-bond donors (Lipinski definition) is 0. The van der Waals surface area contributed by atoms with Crippen LogP contribution < -0.4 is 4.74 Å². The standard InChI is InChI=1S/C10H12BrIO/c1-8(6-11)7-13-10-5-3-2-4-9(10)12/h2-5,8H,6-7H2,1H3. The maximum atomic E-state index is 5.65. The van der Waals surface area contributed by atoms with Crippen molar-refractivity contribution < 1.29 is 4.74 Å². The third-order valence-corrected chi connectivity index (χ3v) is 3.62. The van der Waals surface area contributed by atoms with Crippen LogP contribution in [0.5, 0.6) is 5.75 Å². The molecule has 0 saturated carbocycles.